The van der Waals surface area contributed by atoms with Gasteiger partial charge < -0.3 is 32.9 Å². The van der Waals surface area contributed by atoms with Crippen molar-refractivity contribution in [2.75, 3.05) is 54.0 Å². The van der Waals surface area contributed by atoms with Crippen LogP contribution < -0.4 is 27.8 Å². The standard InChI is InChI=1S/C67H88N8O/c1-6-10-14-18-22-26-42-74(43-27-23-19-15-11-7-2)65-47-34-30-38-51(69)56(47)61(57-48(65)35-31-39-52(57)70)63-60(55(46-68)73-5)64(67(63)76)62-58-49(36-32-40-53(58)71)66(50-37-33-41-54(72)59(50)62)75(44-28-24-20-16-12-8-3)45-29-25-21-17-13-9-4/h30-41H,6-29,42-45,69-72H2,1-4H3/p+1. The number of hydrogen-bond donors (Lipinski definition) is 5. The maximum Gasteiger partial charge on any atom is 0.270 e. The van der Waals surface area contributed by atoms with Crippen molar-refractivity contribution in [3.8, 4) is 6.07 Å². The topological polar surface area (TPSA) is 159 Å². The summed E-state index contributed by atoms with van der Waals surface area (Å²) in [6.45, 7) is 21.2. The normalized spacial score (nSPS) is 13.7. The van der Waals surface area contributed by atoms with E-state index < -0.39 is 0 Å². The second-order valence-electron chi connectivity index (χ2n) is 21.6. The molecule has 9 heteroatoms. The van der Waals surface area contributed by atoms with E-state index in [-0.39, 0.29) is 11.5 Å². The molecule has 0 spiro atoms. The van der Waals surface area contributed by atoms with Gasteiger partial charge >= 0.3 is 0 Å². The molecule has 0 bridgehead atoms. The number of unbranched alkanes of at least 4 members (excludes halogenated alkanes) is 20. The number of allylic oxidation sites excluding steroid dienone is 3. The van der Waals surface area contributed by atoms with Crippen LogP contribution in [-0.4, -0.2) is 41.6 Å². The highest BCUT2D eigenvalue weighted by atomic mass is 16.3. The Morgan fingerprint density at radius 3 is 1.33 bits per heavy atom. The molecule has 5 aromatic carbocycles. The van der Waals surface area contributed by atoms with E-state index in [2.05, 4.69) is 72.4 Å². The molecule has 0 unspecified atom stereocenters. The molecule has 0 saturated heterocycles. The number of hydrogen-bond acceptors (Lipinski definition) is 7. The summed E-state index contributed by atoms with van der Waals surface area (Å²) in [6.07, 6.45) is 28.6. The van der Waals surface area contributed by atoms with Gasteiger partial charge in [0, 0.05) is 109 Å². The lowest BCUT2D eigenvalue weighted by molar-refractivity contribution is -0.528. The van der Waals surface area contributed by atoms with Gasteiger partial charge in [0.05, 0.1) is 29.5 Å². The third kappa shape index (κ3) is 12.6. The molecule has 0 amide bonds. The molecule has 0 heterocycles. The third-order valence-electron chi connectivity index (χ3n) is 16.1. The summed E-state index contributed by atoms with van der Waals surface area (Å²) in [6, 6.07) is 26.4. The molecular weight excluding hydrogens is 933 g/mol. The highest BCUT2D eigenvalue weighted by Gasteiger charge is 2.44. The summed E-state index contributed by atoms with van der Waals surface area (Å²) in [4.78, 5) is 6.48. The van der Waals surface area contributed by atoms with Crippen LogP contribution in [0.4, 0.5) is 28.4 Å². The molecule has 0 aliphatic heterocycles. The fraction of sp³-hybridized carbons (Fsp3) is 0.478. The van der Waals surface area contributed by atoms with Crippen molar-refractivity contribution >= 4 is 66.8 Å². The highest BCUT2D eigenvalue weighted by Crippen LogP contribution is 2.58. The van der Waals surface area contributed by atoms with Crippen LogP contribution in [0.25, 0.3) is 37.5 Å². The molecule has 0 atom stereocenters. The SMILES string of the molecule is [C-]#[N+]C(C#N)=C1C(=C2c3c(N)cccc3C(=[N+](CCCCCCCC)CCCCCCCC)c3cccc(N)c32)C(O)=C1c1c2c(N)cccc2c(N(CCCCCCCC)CCCCCCCC)c2cccc(N)c12. The summed E-state index contributed by atoms with van der Waals surface area (Å²) >= 11 is 0. The van der Waals surface area contributed by atoms with Gasteiger partial charge in [-0.2, -0.15) is 0 Å². The minimum Gasteiger partial charge on any atom is -0.507 e. The smallest absolute Gasteiger partial charge is 0.270 e. The zero-order chi connectivity index (χ0) is 54.0. The van der Waals surface area contributed by atoms with Crippen LogP contribution in [0.1, 0.15) is 210 Å². The fourth-order valence-electron chi connectivity index (χ4n) is 12.2. The monoisotopic (exact) mass is 1020 g/mol. The van der Waals surface area contributed by atoms with Gasteiger partial charge in [0.2, 0.25) is 5.71 Å². The van der Waals surface area contributed by atoms with Gasteiger partial charge in [-0.25, -0.2) is 14.7 Å². The third-order valence-corrected chi connectivity index (χ3v) is 16.1. The average Bonchev–Trinajstić information content (AvgIpc) is 3.48. The lowest BCUT2D eigenvalue weighted by Crippen LogP contribution is -2.31. The Morgan fingerprint density at radius 2 is 0.908 bits per heavy atom. The van der Waals surface area contributed by atoms with Gasteiger partial charge in [0.25, 0.3) is 5.70 Å². The van der Waals surface area contributed by atoms with Gasteiger partial charge in [-0.3, -0.25) is 0 Å². The molecular formula is C67H89N8O+. The summed E-state index contributed by atoms with van der Waals surface area (Å²) in [7, 11) is 0. The minimum absolute atomic E-state index is 0.0536. The lowest BCUT2D eigenvalue weighted by Gasteiger charge is -2.36. The fourth-order valence-corrected chi connectivity index (χ4v) is 12.2. The number of anilines is 5. The van der Waals surface area contributed by atoms with Crippen LogP contribution in [-0.2, 0) is 0 Å². The van der Waals surface area contributed by atoms with Crippen LogP contribution in [0.15, 0.2) is 95.4 Å². The van der Waals surface area contributed by atoms with E-state index in [0.717, 1.165) is 133 Å². The van der Waals surface area contributed by atoms with E-state index in [0.29, 0.717) is 50.6 Å². The van der Waals surface area contributed by atoms with Crippen molar-refractivity contribution in [1.82, 2.24) is 0 Å². The number of aliphatic hydroxyl groups excluding tert-OH is 1. The zero-order valence-electron chi connectivity index (χ0n) is 46.8. The number of aliphatic hydroxyl groups is 1. The number of fused-ring (bicyclic) bond motifs is 4. The minimum atomic E-state index is -0.146. The van der Waals surface area contributed by atoms with E-state index in [4.69, 9.17) is 29.5 Å². The van der Waals surface area contributed by atoms with Crippen LogP contribution in [0.5, 0.6) is 0 Å². The molecule has 0 aromatic heterocycles. The first-order chi connectivity index (χ1) is 37.2. The second kappa shape index (κ2) is 28.4. The number of nitriles is 1. The number of nitrogens with two attached hydrogens (primary N) is 4. The van der Waals surface area contributed by atoms with Crippen LogP contribution in [0.3, 0.4) is 0 Å². The molecule has 0 radical (unpaired) electrons. The number of nitrogen functional groups attached to an aromatic ring is 4. The van der Waals surface area contributed by atoms with Crippen molar-refractivity contribution < 1.29 is 9.68 Å². The second-order valence-corrected chi connectivity index (χ2v) is 21.6. The summed E-state index contributed by atoms with van der Waals surface area (Å²) < 4.78 is 2.56. The predicted molar refractivity (Wildman–Crippen MR) is 326 cm³/mol. The zero-order valence-corrected chi connectivity index (χ0v) is 46.8. The largest absolute Gasteiger partial charge is 0.507 e. The molecule has 0 fully saturated rings. The molecule has 9 nitrogen and oxygen atoms in total. The number of nitrogens with zero attached hydrogens (tertiary/aromatic N) is 4. The maximum atomic E-state index is 13.3. The Morgan fingerprint density at radius 1 is 0.513 bits per heavy atom. The number of rotatable bonds is 30. The van der Waals surface area contributed by atoms with Crippen LogP contribution in [0.2, 0.25) is 0 Å². The molecule has 5 aromatic rings. The molecule has 2 aliphatic carbocycles. The van der Waals surface area contributed by atoms with Gasteiger partial charge in [-0.15, -0.1) is 0 Å². The Bertz CT molecular complexity index is 2860. The molecule has 7 rings (SSSR count). The Labute approximate surface area is 456 Å². The predicted octanol–water partition coefficient (Wildman–Crippen LogP) is 17.2. The summed E-state index contributed by atoms with van der Waals surface area (Å²) in [5, 5.41) is 27.7. The van der Waals surface area contributed by atoms with Crippen LogP contribution >= 0.6 is 0 Å². The van der Waals surface area contributed by atoms with Crippen molar-refractivity contribution in [1.29, 1.82) is 5.26 Å². The number of benzene rings is 5. The Kier molecular flexibility index (Phi) is 21.3. The Balaban J connectivity index is 1.48. The van der Waals surface area contributed by atoms with E-state index >= 15 is 0 Å². The van der Waals surface area contributed by atoms with Crippen LogP contribution in [0, 0.1) is 17.9 Å². The van der Waals surface area contributed by atoms with Gasteiger partial charge in [-0.05, 0) is 62.1 Å². The van der Waals surface area contributed by atoms with Crippen molar-refractivity contribution in [2.24, 2.45) is 0 Å². The van der Waals surface area contributed by atoms with Crippen molar-refractivity contribution in [2.45, 2.75) is 182 Å². The molecule has 9 N–H and O–H groups in total. The van der Waals surface area contributed by atoms with Gasteiger partial charge in [0.15, 0.2) is 0 Å². The van der Waals surface area contributed by atoms with E-state index in [1.807, 2.05) is 48.5 Å². The van der Waals surface area contributed by atoms with E-state index in [1.165, 1.54) is 103 Å². The van der Waals surface area contributed by atoms with Crippen molar-refractivity contribution in [3.63, 3.8) is 0 Å². The average molecular weight is 1020 g/mol. The first-order valence-corrected chi connectivity index (χ1v) is 29.6. The lowest BCUT2D eigenvalue weighted by atomic mass is 9.68. The maximum absolute atomic E-state index is 13.3. The van der Waals surface area contributed by atoms with Crippen molar-refractivity contribution in [3.05, 3.63) is 135 Å². The highest BCUT2D eigenvalue weighted by molar-refractivity contribution is 6.29. The first kappa shape index (κ1) is 57.0. The molecule has 0 saturated carbocycles. The first-order valence-electron chi connectivity index (χ1n) is 29.6. The van der Waals surface area contributed by atoms with Gasteiger partial charge in [-0.1, -0.05) is 180 Å². The van der Waals surface area contributed by atoms with Gasteiger partial charge in [0.1, 0.15) is 18.8 Å². The summed E-state index contributed by atoms with van der Waals surface area (Å²) in [5.41, 5.74) is 38.7. The molecule has 402 valence electrons. The Hall–Kier alpha value is -6.71. The molecule has 2 aliphatic rings. The quantitative estimate of drug-likeness (QED) is 0.00750. The molecule has 76 heavy (non-hydrogen) atoms. The van der Waals surface area contributed by atoms with E-state index in [1.54, 1.807) is 0 Å². The van der Waals surface area contributed by atoms with E-state index in [9.17, 15) is 10.4 Å². The summed E-state index contributed by atoms with van der Waals surface area (Å²) in [5.74, 6) is -0.0536.